The molecule has 118 valence electrons. The molecule has 1 saturated heterocycles. The Bertz CT molecular complexity index is 611. The van der Waals surface area contributed by atoms with Crippen LogP contribution >= 0.6 is 11.8 Å². The molecule has 0 aromatic carbocycles. The maximum atomic E-state index is 12.4. The summed E-state index contributed by atoms with van der Waals surface area (Å²) in [6, 6.07) is 0. The summed E-state index contributed by atoms with van der Waals surface area (Å²) in [7, 11) is 0. The van der Waals surface area contributed by atoms with Crippen molar-refractivity contribution in [2.24, 2.45) is 0 Å². The summed E-state index contributed by atoms with van der Waals surface area (Å²) in [5.74, 6) is 2.67. The van der Waals surface area contributed by atoms with Crippen molar-refractivity contribution in [2.75, 3.05) is 18.8 Å². The molecule has 0 radical (unpaired) electrons. The van der Waals surface area contributed by atoms with Gasteiger partial charge in [-0.25, -0.2) is 9.97 Å². The van der Waals surface area contributed by atoms with Crippen LogP contribution in [0.15, 0.2) is 17.6 Å². The molecular formula is C14H20N6OS. The van der Waals surface area contributed by atoms with Gasteiger partial charge in [0.15, 0.2) is 0 Å². The maximum Gasteiger partial charge on any atom is 0.233 e. The minimum Gasteiger partial charge on any atom is -0.348 e. The molecule has 0 saturated carbocycles. The monoisotopic (exact) mass is 320 g/mol. The smallest absolute Gasteiger partial charge is 0.233 e. The number of thioether (sulfide) groups is 1. The van der Waals surface area contributed by atoms with Crippen molar-refractivity contribution in [2.45, 2.75) is 37.3 Å². The normalized spacial score (nSPS) is 18.6. The van der Waals surface area contributed by atoms with Gasteiger partial charge in [0.1, 0.15) is 11.6 Å². The quantitative estimate of drug-likeness (QED) is 0.816. The van der Waals surface area contributed by atoms with Crippen LogP contribution in [0.4, 0.5) is 0 Å². The molecule has 8 heteroatoms. The summed E-state index contributed by atoms with van der Waals surface area (Å²) in [5.41, 5.74) is 0. The van der Waals surface area contributed by atoms with Crippen molar-refractivity contribution in [3.05, 3.63) is 24.0 Å². The lowest BCUT2D eigenvalue weighted by atomic mass is 9.97. The molecule has 2 aromatic heterocycles. The third-order valence-corrected chi connectivity index (χ3v) is 4.68. The van der Waals surface area contributed by atoms with Crippen molar-refractivity contribution < 1.29 is 4.79 Å². The average molecular weight is 320 g/mol. The molecule has 1 aliphatic rings. The zero-order valence-corrected chi connectivity index (χ0v) is 13.4. The standard InChI is InChI=1S/C14H20N6OS/c1-2-11-17-14(19-18-11)22-9-12(21)20-7-3-4-10(8-20)13-15-5-6-16-13/h5-6,10H,2-4,7-9H2,1H3,(H,15,16)(H,17,18,19). The van der Waals surface area contributed by atoms with Gasteiger partial charge in [-0.1, -0.05) is 18.7 Å². The molecule has 0 spiro atoms. The molecule has 1 fully saturated rings. The van der Waals surface area contributed by atoms with Gasteiger partial charge in [0.05, 0.1) is 5.75 Å². The highest BCUT2D eigenvalue weighted by atomic mass is 32.2. The topological polar surface area (TPSA) is 90.6 Å². The summed E-state index contributed by atoms with van der Waals surface area (Å²) in [4.78, 5) is 26.1. The highest BCUT2D eigenvalue weighted by Crippen LogP contribution is 2.25. The van der Waals surface area contributed by atoms with E-state index in [2.05, 4.69) is 25.1 Å². The SMILES string of the molecule is CCc1nc(SCC(=O)N2CCCC(c3ncc[nH]3)C2)n[nH]1. The molecule has 3 rings (SSSR count). The number of likely N-dealkylation sites (tertiary alicyclic amines) is 1. The maximum absolute atomic E-state index is 12.4. The highest BCUT2D eigenvalue weighted by molar-refractivity contribution is 7.99. The van der Waals surface area contributed by atoms with Gasteiger partial charge in [-0.2, -0.15) is 0 Å². The second-order valence-corrected chi connectivity index (χ2v) is 6.30. The number of hydrogen-bond donors (Lipinski definition) is 2. The van der Waals surface area contributed by atoms with Crippen molar-refractivity contribution in [3.63, 3.8) is 0 Å². The van der Waals surface area contributed by atoms with Crippen LogP contribution in [0.3, 0.4) is 0 Å². The minimum atomic E-state index is 0.143. The number of aromatic nitrogens is 5. The molecule has 1 atom stereocenters. The third kappa shape index (κ3) is 3.49. The summed E-state index contributed by atoms with van der Waals surface area (Å²) >= 11 is 1.39. The Labute approximate surface area is 133 Å². The summed E-state index contributed by atoms with van der Waals surface area (Å²) in [6.45, 7) is 3.58. The van der Waals surface area contributed by atoms with Crippen LogP contribution < -0.4 is 0 Å². The van der Waals surface area contributed by atoms with Crippen molar-refractivity contribution in [1.29, 1.82) is 0 Å². The molecule has 2 N–H and O–H groups in total. The number of aromatic amines is 2. The first-order valence-corrected chi connectivity index (χ1v) is 8.56. The van der Waals surface area contributed by atoms with Crippen LogP contribution in [0.2, 0.25) is 0 Å². The summed E-state index contributed by atoms with van der Waals surface area (Å²) < 4.78 is 0. The van der Waals surface area contributed by atoms with E-state index in [0.717, 1.165) is 44.0 Å². The fourth-order valence-electron chi connectivity index (χ4n) is 2.65. The van der Waals surface area contributed by atoms with Crippen molar-refractivity contribution >= 4 is 17.7 Å². The second-order valence-electron chi connectivity index (χ2n) is 5.36. The number of aryl methyl sites for hydroxylation is 1. The third-order valence-electron chi connectivity index (χ3n) is 3.85. The van der Waals surface area contributed by atoms with E-state index in [4.69, 9.17) is 0 Å². The molecule has 3 heterocycles. The van der Waals surface area contributed by atoms with Crippen LogP contribution in [0.25, 0.3) is 0 Å². The highest BCUT2D eigenvalue weighted by Gasteiger charge is 2.26. The second kappa shape index (κ2) is 6.95. The molecule has 2 aromatic rings. The summed E-state index contributed by atoms with van der Waals surface area (Å²) in [5, 5.41) is 7.61. The Morgan fingerprint density at radius 1 is 1.55 bits per heavy atom. The Balaban J connectivity index is 1.53. The predicted molar refractivity (Wildman–Crippen MR) is 83.6 cm³/mol. The zero-order chi connectivity index (χ0) is 15.4. The van der Waals surface area contributed by atoms with Gasteiger partial charge >= 0.3 is 0 Å². The van der Waals surface area contributed by atoms with Crippen LogP contribution in [-0.4, -0.2) is 54.8 Å². The number of imidazole rings is 1. The van der Waals surface area contributed by atoms with E-state index >= 15 is 0 Å². The molecule has 0 aliphatic carbocycles. The molecule has 1 aliphatic heterocycles. The van der Waals surface area contributed by atoms with Crippen molar-refractivity contribution in [1.82, 2.24) is 30.0 Å². The molecule has 1 amide bonds. The zero-order valence-electron chi connectivity index (χ0n) is 12.6. The number of rotatable bonds is 5. The van der Waals surface area contributed by atoms with Crippen molar-refractivity contribution in [3.8, 4) is 0 Å². The van der Waals surface area contributed by atoms with Gasteiger partial charge in [-0.15, -0.1) is 5.10 Å². The van der Waals surface area contributed by atoms with E-state index < -0.39 is 0 Å². The van der Waals surface area contributed by atoms with Crippen LogP contribution in [0.1, 0.15) is 37.3 Å². The average Bonchev–Trinajstić information content (AvgIpc) is 3.24. The molecule has 22 heavy (non-hydrogen) atoms. The summed E-state index contributed by atoms with van der Waals surface area (Å²) in [6.07, 6.45) is 6.51. The first-order chi connectivity index (χ1) is 10.8. The van der Waals surface area contributed by atoms with Gasteiger partial charge in [-0.3, -0.25) is 9.89 Å². The first kappa shape index (κ1) is 15.1. The van der Waals surface area contributed by atoms with Crippen LogP contribution in [0.5, 0.6) is 0 Å². The predicted octanol–water partition coefficient (Wildman–Crippen LogP) is 1.59. The van der Waals surface area contributed by atoms with E-state index in [1.165, 1.54) is 11.8 Å². The lowest BCUT2D eigenvalue weighted by molar-refractivity contribution is -0.129. The Morgan fingerprint density at radius 3 is 3.18 bits per heavy atom. The van der Waals surface area contributed by atoms with E-state index in [1.54, 1.807) is 6.20 Å². The molecular weight excluding hydrogens is 300 g/mol. The number of hydrogen-bond acceptors (Lipinski definition) is 5. The molecule has 7 nitrogen and oxygen atoms in total. The number of carbonyl (C=O) groups excluding carboxylic acids is 1. The first-order valence-electron chi connectivity index (χ1n) is 7.57. The number of nitrogens with one attached hydrogen (secondary N) is 2. The van der Waals surface area contributed by atoms with Gasteiger partial charge < -0.3 is 9.88 Å². The molecule has 0 bridgehead atoms. The van der Waals surface area contributed by atoms with Crippen LogP contribution in [-0.2, 0) is 11.2 Å². The Morgan fingerprint density at radius 2 is 2.45 bits per heavy atom. The van der Waals surface area contributed by atoms with Gasteiger partial charge in [-0.05, 0) is 12.8 Å². The van der Waals surface area contributed by atoms with Crippen LogP contribution in [0, 0.1) is 0 Å². The Hall–Kier alpha value is -1.83. The molecule has 1 unspecified atom stereocenters. The number of nitrogens with zero attached hydrogens (tertiary/aromatic N) is 4. The number of amides is 1. The van der Waals surface area contributed by atoms with Gasteiger partial charge in [0.2, 0.25) is 11.1 Å². The van der Waals surface area contributed by atoms with Gasteiger partial charge in [0.25, 0.3) is 0 Å². The van der Waals surface area contributed by atoms with Gasteiger partial charge in [0, 0.05) is 37.8 Å². The number of H-pyrrole nitrogens is 2. The number of carbonyl (C=O) groups is 1. The van der Waals surface area contributed by atoms with E-state index in [0.29, 0.717) is 16.8 Å². The van der Waals surface area contributed by atoms with E-state index in [9.17, 15) is 4.79 Å². The number of piperidine rings is 1. The largest absolute Gasteiger partial charge is 0.348 e. The lowest BCUT2D eigenvalue weighted by Crippen LogP contribution is -2.40. The van der Waals surface area contributed by atoms with E-state index in [-0.39, 0.29) is 5.91 Å². The van der Waals surface area contributed by atoms with E-state index in [1.807, 2.05) is 18.0 Å². The fourth-order valence-corrected chi connectivity index (χ4v) is 3.37. The fraction of sp³-hybridized carbons (Fsp3) is 0.571. The minimum absolute atomic E-state index is 0.143. The Kier molecular flexibility index (Phi) is 4.77. The lowest BCUT2D eigenvalue weighted by Gasteiger charge is -2.31.